The molecule has 0 aromatic heterocycles. The topological polar surface area (TPSA) is 58.1 Å². The van der Waals surface area contributed by atoms with Crippen molar-refractivity contribution in [3.05, 3.63) is 0 Å². The number of aliphatic imine (C=N–C) groups is 1. The molecule has 0 aromatic rings. The first-order valence-electron chi connectivity index (χ1n) is 6.94. The summed E-state index contributed by atoms with van der Waals surface area (Å²) in [7, 11) is 5.63. The molecule has 0 fully saturated rings. The molecule has 0 amide bonds. The van der Waals surface area contributed by atoms with Crippen molar-refractivity contribution in [2.24, 2.45) is 4.99 Å². The second kappa shape index (κ2) is 16.9. The van der Waals surface area contributed by atoms with Crippen LogP contribution in [-0.4, -0.2) is 78.1 Å². The number of methoxy groups -OCH3 is 1. The Morgan fingerprint density at radius 3 is 2.45 bits per heavy atom. The monoisotopic (exact) mass is 402 g/mol. The SMILES string of the molecule is CCOCCNC(=NC)NCCN(C)CCCOC.I. The quantitative estimate of drug-likeness (QED) is 0.232. The lowest BCUT2D eigenvalue weighted by molar-refractivity contribution is 0.152. The molecule has 6 nitrogen and oxygen atoms in total. The molecule has 0 saturated carbocycles. The zero-order chi connectivity index (χ0) is 14.3. The summed E-state index contributed by atoms with van der Waals surface area (Å²) in [6, 6.07) is 0. The Balaban J connectivity index is 0. The zero-order valence-corrected chi connectivity index (χ0v) is 15.6. The number of likely N-dealkylation sites (N-methyl/N-ethyl adjacent to an activating group) is 1. The van der Waals surface area contributed by atoms with Crippen molar-refractivity contribution in [3.63, 3.8) is 0 Å². The Labute approximate surface area is 140 Å². The minimum Gasteiger partial charge on any atom is -0.385 e. The van der Waals surface area contributed by atoms with Gasteiger partial charge in [0.2, 0.25) is 0 Å². The van der Waals surface area contributed by atoms with E-state index >= 15 is 0 Å². The summed E-state index contributed by atoms with van der Waals surface area (Å²) in [6.07, 6.45) is 1.06. The van der Waals surface area contributed by atoms with E-state index in [0.717, 1.165) is 51.8 Å². The van der Waals surface area contributed by atoms with Crippen molar-refractivity contribution in [1.82, 2.24) is 15.5 Å². The lowest BCUT2D eigenvalue weighted by atomic mass is 10.4. The van der Waals surface area contributed by atoms with E-state index in [-0.39, 0.29) is 24.0 Å². The molecule has 0 rings (SSSR count). The van der Waals surface area contributed by atoms with Crippen LogP contribution in [0.15, 0.2) is 4.99 Å². The molecule has 0 radical (unpaired) electrons. The maximum Gasteiger partial charge on any atom is 0.191 e. The molecule has 0 atom stereocenters. The van der Waals surface area contributed by atoms with Crippen LogP contribution in [0.25, 0.3) is 0 Å². The number of nitrogens with one attached hydrogen (secondary N) is 2. The van der Waals surface area contributed by atoms with Gasteiger partial charge in [-0.2, -0.15) is 0 Å². The molecule has 0 aliphatic heterocycles. The highest BCUT2D eigenvalue weighted by Crippen LogP contribution is 1.86. The van der Waals surface area contributed by atoms with E-state index in [1.54, 1.807) is 14.2 Å². The van der Waals surface area contributed by atoms with Gasteiger partial charge in [-0.1, -0.05) is 0 Å². The highest BCUT2D eigenvalue weighted by Gasteiger charge is 2.00. The van der Waals surface area contributed by atoms with Crippen LogP contribution in [0.4, 0.5) is 0 Å². The average Bonchev–Trinajstić information content (AvgIpc) is 2.41. The van der Waals surface area contributed by atoms with Gasteiger partial charge in [0.05, 0.1) is 6.61 Å². The minimum atomic E-state index is 0. The Hall–Kier alpha value is -0.120. The Morgan fingerprint density at radius 1 is 1.15 bits per heavy atom. The van der Waals surface area contributed by atoms with Gasteiger partial charge in [0.15, 0.2) is 5.96 Å². The first-order chi connectivity index (χ1) is 9.24. The van der Waals surface area contributed by atoms with E-state index < -0.39 is 0 Å². The van der Waals surface area contributed by atoms with Crippen molar-refractivity contribution < 1.29 is 9.47 Å². The van der Waals surface area contributed by atoms with E-state index in [9.17, 15) is 0 Å². The summed E-state index contributed by atoms with van der Waals surface area (Å²) in [6.45, 7) is 7.94. The van der Waals surface area contributed by atoms with Crippen LogP contribution in [0.5, 0.6) is 0 Å². The van der Waals surface area contributed by atoms with Crippen molar-refractivity contribution in [3.8, 4) is 0 Å². The molecule has 0 bridgehead atoms. The standard InChI is InChI=1S/C13H30N4O2.HI/c1-5-19-12-8-16-13(14-2)15-7-10-17(3)9-6-11-18-4;/h5-12H2,1-4H3,(H2,14,15,16);1H. The molecule has 0 aliphatic rings. The molecule has 20 heavy (non-hydrogen) atoms. The summed E-state index contributed by atoms with van der Waals surface area (Å²) in [5.74, 6) is 0.824. The van der Waals surface area contributed by atoms with Crippen molar-refractivity contribution in [2.45, 2.75) is 13.3 Å². The molecule has 0 heterocycles. The van der Waals surface area contributed by atoms with Gasteiger partial charge in [-0.15, -0.1) is 24.0 Å². The largest absolute Gasteiger partial charge is 0.385 e. The predicted molar refractivity (Wildman–Crippen MR) is 95.3 cm³/mol. The van der Waals surface area contributed by atoms with E-state index in [1.165, 1.54) is 0 Å². The number of guanidine groups is 1. The van der Waals surface area contributed by atoms with Crippen LogP contribution in [-0.2, 0) is 9.47 Å². The van der Waals surface area contributed by atoms with Crippen LogP contribution in [0.3, 0.4) is 0 Å². The summed E-state index contributed by atoms with van der Waals surface area (Å²) >= 11 is 0. The fraction of sp³-hybridized carbons (Fsp3) is 0.923. The number of rotatable bonds is 11. The fourth-order valence-corrected chi connectivity index (χ4v) is 1.56. The van der Waals surface area contributed by atoms with E-state index in [0.29, 0.717) is 6.61 Å². The number of halogens is 1. The van der Waals surface area contributed by atoms with Gasteiger partial charge in [0.1, 0.15) is 0 Å². The zero-order valence-electron chi connectivity index (χ0n) is 13.3. The van der Waals surface area contributed by atoms with Gasteiger partial charge < -0.3 is 25.0 Å². The van der Waals surface area contributed by atoms with Gasteiger partial charge in [-0.25, -0.2) is 0 Å². The first kappa shape index (κ1) is 22.2. The minimum absolute atomic E-state index is 0. The van der Waals surface area contributed by atoms with Gasteiger partial charge in [0, 0.05) is 53.6 Å². The highest BCUT2D eigenvalue weighted by molar-refractivity contribution is 14.0. The predicted octanol–water partition coefficient (Wildman–Crippen LogP) is 0.774. The fourth-order valence-electron chi connectivity index (χ4n) is 1.56. The summed E-state index contributed by atoms with van der Waals surface area (Å²) in [5, 5.41) is 6.48. The van der Waals surface area contributed by atoms with Crippen molar-refractivity contribution in [2.75, 3.05) is 67.2 Å². The van der Waals surface area contributed by atoms with Crippen molar-refractivity contribution in [1.29, 1.82) is 0 Å². The Kier molecular flexibility index (Phi) is 18.8. The van der Waals surface area contributed by atoms with Crippen LogP contribution in [0.2, 0.25) is 0 Å². The summed E-state index contributed by atoms with van der Waals surface area (Å²) < 4.78 is 10.3. The van der Waals surface area contributed by atoms with Crippen LogP contribution >= 0.6 is 24.0 Å². The Bertz CT molecular complexity index is 230. The Morgan fingerprint density at radius 2 is 1.85 bits per heavy atom. The normalized spacial score (nSPS) is 11.3. The lowest BCUT2D eigenvalue weighted by Gasteiger charge is -2.18. The molecule has 2 N–H and O–H groups in total. The summed E-state index contributed by atoms with van der Waals surface area (Å²) in [5.41, 5.74) is 0. The lowest BCUT2D eigenvalue weighted by Crippen LogP contribution is -2.42. The second-order valence-corrected chi connectivity index (χ2v) is 4.27. The molecule has 0 unspecified atom stereocenters. The van der Waals surface area contributed by atoms with Crippen LogP contribution < -0.4 is 10.6 Å². The van der Waals surface area contributed by atoms with Crippen LogP contribution in [0.1, 0.15) is 13.3 Å². The maximum absolute atomic E-state index is 5.26. The molecule has 0 saturated heterocycles. The molecule has 122 valence electrons. The van der Waals surface area contributed by atoms with Gasteiger partial charge in [-0.3, -0.25) is 4.99 Å². The first-order valence-corrected chi connectivity index (χ1v) is 6.94. The van der Waals surface area contributed by atoms with E-state index in [2.05, 4.69) is 27.6 Å². The van der Waals surface area contributed by atoms with Crippen LogP contribution in [0, 0.1) is 0 Å². The van der Waals surface area contributed by atoms with E-state index in [1.807, 2.05) is 6.92 Å². The highest BCUT2D eigenvalue weighted by atomic mass is 127. The molecule has 0 aromatic carbocycles. The molecular formula is C13H31IN4O2. The van der Waals surface area contributed by atoms with Gasteiger partial charge >= 0.3 is 0 Å². The third-order valence-corrected chi connectivity index (χ3v) is 2.64. The van der Waals surface area contributed by atoms with Crippen molar-refractivity contribution >= 4 is 29.9 Å². The third-order valence-electron chi connectivity index (χ3n) is 2.64. The average molecular weight is 402 g/mol. The number of hydrogen-bond acceptors (Lipinski definition) is 4. The number of hydrogen-bond donors (Lipinski definition) is 2. The summed E-state index contributed by atoms with van der Waals surface area (Å²) in [4.78, 5) is 6.44. The third kappa shape index (κ3) is 14.3. The van der Waals surface area contributed by atoms with Gasteiger partial charge in [0.25, 0.3) is 0 Å². The van der Waals surface area contributed by atoms with E-state index in [4.69, 9.17) is 9.47 Å². The van der Waals surface area contributed by atoms with Gasteiger partial charge in [-0.05, 0) is 20.4 Å². The smallest absolute Gasteiger partial charge is 0.191 e. The second-order valence-electron chi connectivity index (χ2n) is 4.27. The maximum atomic E-state index is 5.26. The molecule has 7 heteroatoms. The molecular weight excluding hydrogens is 371 g/mol. The molecule has 0 spiro atoms. The molecule has 0 aliphatic carbocycles. The number of nitrogens with zero attached hydrogens (tertiary/aromatic N) is 2. The number of ether oxygens (including phenoxy) is 2.